The number of benzene rings is 2. The van der Waals surface area contributed by atoms with Gasteiger partial charge in [-0.25, -0.2) is 13.5 Å². The summed E-state index contributed by atoms with van der Waals surface area (Å²) in [4.78, 5) is 17.4. The third kappa shape index (κ3) is 3.88. The van der Waals surface area contributed by atoms with Crippen molar-refractivity contribution in [2.24, 2.45) is 0 Å². The lowest BCUT2D eigenvalue weighted by molar-refractivity contribution is 0.0746. The van der Waals surface area contributed by atoms with Crippen LogP contribution in [0.5, 0.6) is 0 Å². The molecule has 1 aliphatic rings. The summed E-state index contributed by atoms with van der Waals surface area (Å²) in [6.07, 6.45) is 3.70. The first kappa shape index (κ1) is 20.9. The average molecular weight is 447 g/mol. The predicted molar refractivity (Wildman–Crippen MR) is 122 cm³/mol. The van der Waals surface area contributed by atoms with Crippen molar-refractivity contribution in [2.75, 3.05) is 31.1 Å². The first-order valence-electron chi connectivity index (χ1n) is 10.8. The Morgan fingerprint density at radius 1 is 0.879 bits per heavy atom. The predicted octanol–water partition coefficient (Wildman–Crippen LogP) is 4.21. The summed E-state index contributed by atoms with van der Waals surface area (Å²) in [5.41, 5.74) is 2.30. The van der Waals surface area contributed by atoms with E-state index >= 15 is 0 Å². The van der Waals surface area contributed by atoms with Gasteiger partial charge in [0.25, 0.3) is 5.91 Å². The molecule has 0 N–H and O–H groups in total. The number of aryl methyl sites for hydroxylation is 1. The van der Waals surface area contributed by atoms with Gasteiger partial charge in [0.05, 0.1) is 17.1 Å². The Balaban J connectivity index is 1.46. The van der Waals surface area contributed by atoms with Gasteiger partial charge in [0.15, 0.2) is 5.82 Å². The largest absolute Gasteiger partial charge is 0.366 e. The Morgan fingerprint density at radius 2 is 1.55 bits per heavy atom. The van der Waals surface area contributed by atoms with Crippen molar-refractivity contribution in [2.45, 2.75) is 6.92 Å². The maximum Gasteiger partial charge on any atom is 0.259 e. The monoisotopic (exact) mass is 447 g/mol. The molecular formula is C25H23F2N5O. The molecule has 1 aliphatic heterocycles. The second-order valence-electron chi connectivity index (χ2n) is 7.99. The highest BCUT2D eigenvalue weighted by Crippen LogP contribution is 2.26. The van der Waals surface area contributed by atoms with Crippen LogP contribution in [0.4, 0.5) is 14.5 Å². The molecule has 1 fully saturated rings. The van der Waals surface area contributed by atoms with Gasteiger partial charge in [-0.2, -0.15) is 5.10 Å². The summed E-state index contributed by atoms with van der Waals surface area (Å²) in [7, 11) is 0. The summed E-state index contributed by atoms with van der Waals surface area (Å²) in [6, 6.07) is 16.4. The van der Waals surface area contributed by atoms with Gasteiger partial charge in [-0.15, -0.1) is 0 Å². The molecule has 1 amide bonds. The average Bonchev–Trinajstić information content (AvgIpc) is 3.47. The van der Waals surface area contributed by atoms with E-state index in [0.29, 0.717) is 54.6 Å². The molecule has 0 atom stereocenters. The molecule has 2 aromatic carbocycles. The van der Waals surface area contributed by atoms with E-state index in [1.165, 1.54) is 18.2 Å². The van der Waals surface area contributed by atoms with Crippen molar-refractivity contribution in [3.63, 3.8) is 0 Å². The molecule has 3 heterocycles. The minimum atomic E-state index is -0.339. The van der Waals surface area contributed by atoms with Gasteiger partial charge in [0.1, 0.15) is 17.2 Å². The third-order valence-corrected chi connectivity index (χ3v) is 5.93. The Labute approximate surface area is 190 Å². The van der Waals surface area contributed by atoms with Crippen LogP contribution in [0, 0.1) is 18.6 Å². The molecule has 6 nitrogen and oxygen atoms in total. The minimum Gasteiger partial charge on any atom is -0.366 e. The zero-order chi connectivity index (χ0) is 22.9. The lowest BCUT2D eigenvalue weighted by Gasteiger charge is -2.36. The number of carbonyl (C=O) groups excluding carboxylic acids is 1. The maximum absolute atomic E-state index is 14.2. The first-order valence-corrected chi connectivity index (χ1v) is 10.8. The van der Waals surface area contributed by atoms with Crippen LogP contribution in [0.1, 0.15) is 16.1 Å². The van der Waals surface area contributed by atoms with Crippen LogP contribution in [0.15, 0.2) is 73.1 Å². The number of nitrogens with zero attached hydrogens (tertiary/aromatic N) is 5. The molecule has 33 heavy (non-hydrogen) atoms. The fourth-order valence-electron chi connectivity index (χ4n) is 4.26. The van der Waals surface area contributed by atoms with E-state index in [1.54, 1.807) is 40.8 Å². The molecule has 4 aromatic rings. The summed E-state index contributed by atoms with van der Waals surface area (Å²) in [6.45, 7) is 3.82. The van der Waals surface area contributed by atoms with Gasteiger partial charge in [-0.3, -0.25) is 4.79 Å². The zero-order valence-electron chi connectivity index (χ0n) is 18.2. The molecule has 0 bridgehead atoms. The van der Waals surface area contributed by atoms with Gasteiger partial charge in [-0.05, 0) is 55.5 Å². The summed E-state index contributed by atoms with van der Waals surface area (Å²) < 4.78 is 31.2. The van der Waals surface area contributed by atoms with E-state index in [1.807, 2.05) is 40.1 Å². The molecule has 1 saturated heterocycles. The second-order valence-corrected chi connectivity index (χ2v) is 7.99. The van der Waals surface area contributed by atoms with Crippen molar-refractivity contribution in [3.8, 4) is 11.5 Å². The van der Waals surface area contributed by atoms with Crippen molar-refractivity contribution in [1.29, 1.82) is 0 Å². The molecule has 0 unspecified atom stereocenters. The van der Waals surface area contributed by atoms with E-state index in [4.69, 9.17) is 0 Å². The number of amides is 1. The smallest absolute Gasteiger partial charge is 0.259 e. The van der Waals surface area contributed by atoms with Crippen molar-refractivity contribution < 1.29 is 13.6 Å². The first-order chi connectivity index (χ1) is 16.0. The molecule has 0 spiro atoms. The lowest BCUT2D eigenvalue weighted by Crippen LogP contribution is -2.49. The van der Waals surface area contributed by atoms with Crippen molar-refractivity contribution in [3.05, 3.63) is 95.9 Å². The van der Waals surface area contributed by atoms with Crippen LogP contribution < -0.4 is 4.90 Å². The van der Waals surface area contributed by atoms with Crippen molar-refractivity contribution >= 4 is 11.6 Å². The van der Waals surface area contributed by atoms with E-state index < -0.39 is 0 Å². The van der Waals surface area contributed by atoms with Crippen LogP contribution in [-0.4, -0.2) is 51.3 Å². The Hall–Kier alpha value is -3.94. The van der Waals surface area contributed by atoms with Crippen LogP contribution in [0.2, 0.25) is 0 Å². The highest BCUT2D eigenvalue weighted by Gasteiger charge is 2.30. The standard InChI is InChI=1S/C25H23F2N5O/c1-18-23(25(33)31-16-14-29(15-17-31)22-7-3-2-6-21(22)27)24(30-12-4-5-13-30)32(28-18)20-10-8-19(26)9-11-20/h2-13H,14-17H2,1H3. The molecular weight excluding hydrogens is 424 g/mol. The van der Waals surface area contributed by atoms with Crippen LogP contribution in [-0.2, 0) is 0 Å². The lowest BCUT2D eigenvalue weighted by atomic mass is 10.1. The number of halogens is 2. The highest BCUT2D eigenvalue weighted by atomic mass is 19.1. The SMILES string of the molecule is Cc1nn(-c2ccc(F)cc2)c(-n2cccc2)c1C(=O)N1CCN(c2ccccc2F)CC1. The summed E-state index contributed by atoms with van der Waals surface area (Å²) in [5, 5.41) is 4.62. The number of rotatable bonds is 4. The molecule has 8 heteroatoms. The van der Waals surface area contributed by atoms with Gasteiger partial charge in [-0.1, -0.05) is 12.1 Å². The van der Waals surface area contributed by atoms with Crippen LogP contribution in [0.3, 0.4) is 0 Å². The van der Waals surface area contributed by atoms with E-state index in [2.05, 4.69) is 5.10 Å². The number of para-hydroxylation sites is 1. The molecule has 168 valence electrons. The Bertz CT molecular complexity index is 1270. The molecule has 5 rings (SSSR count). The fourth-order valence-corrected chi connectivity index (χ4v) is 4.26. The van der Waals surface area contributed by atoms with E-state index in [0.717, 1.165) is 0 Å². The molecule has 0 radical (unpaired) electrons. The van der Waals surface area contributed by atoms with Gasteiger partial charge < -0.3 is 14.4 Å². The van der Waals surface area contributed by atoms with Crippen LogP contribution in [0.25, 0.3) is 11.5 Å². The number of hydrogen-bond acceptors (Lipinski definition) is 3. The molecule has 0 saturated carbocycles. The highest BCUT2D eigenvalue weighted by molar-refractivity contribution is 5.99. The second kappa shape index (κ2) is 8.54. The fraction of sp³-hybridized carbons (Fsp3) is 0.200. The normalized spacial score (nSPS) is 14.0. The van der Waals surface area contributed by atoms with Gasteiger partial charge in [0, 0.05) is 38.6 Å². The third-order valence-electron chi connectivity index (χ3n) is 5.93. The van der Waals surface area contributed by atoms with E-state index in [9.17, 15) is 13.6 Å². The number of carbonyl (C=O) groups is 1. The molecule has 2 aromatic heterocycles. The van der Waals surface area contributed by atoms with Crippen LogP contribution >= 0.6 is 0 Å². The summed E-state index contributed by atoms with van der Waals surface area (Å²) >= 11 is 0. The van der Waals surface area contributed by atoms with Gasteiger partial charge in [0.2, 0.25) is 0 Å². The zero-order valence-corrected chi connectivity index (χ0v) is 18.2. The quantitative estimate of drug-likeness (QED) is 0.471. The Kier molecular flexibility index (Phi) is 5.42. The number of aromatic nitrogens is 3. The topological polar surface area (TPSA) is 46.3 Å². The number of hydrogen-bond donors (Lipinski definition) is 0. The molecule has 0 aliphatic carbocycles. The number of piperazine rings is 1. The minimum absolute atomic E-state index is 0.127. The van der Waals surface area contributed by atoms with Gasteiger partial charge >= 0.3 is 0 Å². The Morgan fingerprint density at radius 3 is 2.21 bits per heavy atom. The van der Waals surface area contributed by atoms with E-state index in [-0.39, 0.29) is 17.5 Å². The van der Waals surface area contributed by atoms with Crippen molar-refractivity contribution in [1.82, 2.24) is 19.2 Å². The number of anilines is 1. The maximum atomic E-state index is 14.2. The summed E-state index contributed by atoms with van der Waals surface area (Å²) in [5.74, 6) is -0.124.